The highest BCUT2D eigenvalue weighted by atomic mass is 32.2. The minimum atomic E-state index is -3.19. The molecular formula is C13H21N3O5S. The molecule has 0 aliphatic carbocycles. The molecule has 2 rings (SSSR count). The lowest BCUT2D eigenvalue weighted by Crippen LogP contribution is -2.42. The van der Waals surface area contributed by atoms with Crippen molar-refractivity contribution in [1.29, 1.82) is 0 Å². The Morgan fingerprint density at radius 3 is 2.59 bits per heavy atom. The quantitative estimate of drug-likeness (QED) is 0.742. The molecule has 1 aliphatic rings. The third kappa shape index (κ3) is 3.65. The van der Waals surface area contributed by atoms with Crippen molar-refractivity contribution in [2.45, 2.75) is 25.6 Å². The van der Waals surface area contributed by atoms with Crippen molar-refractivity contribution in [2.24, 2.45) is 0 Å². The number of ether oxygens (including phenoxy) is 2. The lowest BCUT2D eigenvalue weighted by Gasteiger charge is -2.29. The maximum Gasteiger partial charge on any atom is 0.319 e. The lowest BCUT2D eigenvalue weighted by atomic mass is 10.1. The summed E-state index contributed by atoms with van der Waals surface area (Å²) >= 11 is 0. The van der Waals surface area contributed by atoms with E-state index in [0.717, 1.165) is 0 Å². The highest BCUT2D eigenvalue weighted by Crippen LogP contribution is 2.24. The first kappa shape index (κ1) is 16.9. The average molecular weight is 331 g/mol. The van der Waals surface area contributed by atoms with Gasteiger partial charge in [-0.25, -0.2) is 13.4 Å². The molecule has 124 valence electrons. The zero-order chi connectivity index (χ0) is 16.3. The van der Waals surface area contributed by atoms with Crippen LogP contribution in [0.25, 0.3) is 0 Å². The highest BCUT2D eigenvalue weighted by Gasteiger charge is 2.39. The summed E-state index contributed by atoms with van der Waals surface area (Å²) in [5.41, 5.74) is 0.710. The molecular weight excluding hydrogens is 310 g/mol. The molecule has 9 heteroatoms. The first-order valence-corrected chi connectivity index (χ1v) is 8.78. The molecule has 0 aromatic carbocycles. The van der Waals surface area contributed by atoms with Gasteiger partial charge in [0.1, 0.15) is 0 Å². The molecule has 22 heavy (non-hydrogen) atoms. The van der Waals surface area contributed by atoms with E-state index in [1.165, 1.54) is 14.2 Å². The van der Waals surface area contributed by atoms with Gasteiger partial charge in [0, 0.05) is 18.3 Å². The summed E-state index contributed by atoms with van der Waals surface area (Å²) in [5.74, 6) is 0.145. The average Bonchev–Trinajstić information content (AvgIpc) is 2.77. The molecule has 8 nitrogen and oxygen atoms in total. The predicted molar refractivity (Wildman–Crippen MR) is 79.7 cm³/mol. The van der Waals surface area contributed by atoms with Gasteiger partial charge in [0.25, 0.3) is 0 Å². The van der Waals surface area contributed by atoms with Crippen LogP contribution in [0.1, 0.15) is 12.5 Å². The first-order chi connectivity index (χ1) is 10.4. The van der Waals surface area contributed by atoms with E-state index in [1.54, 1.807) is 6.20 Å². The van der Waals surface area contributed by atoms with Gasteiger partial charge in [0.2, 0.25) is 5.88 Å². The molecule has 0 radical (unpaired) electrons. The standard InChI is InChI=1S/C13H21N3O5S/c1-4-16(10-7-22(18,19)8-11(10)17)6-9-5-14-13(21-3)15-12(9)20-2/h5,10-11,17H,4,6-8H2,1-3H3/t10-,11-/m0/s1. The van der Waals surface area contributed by atoms with Crippen LogP contribution in [0.4, 0.5) is 0 Å². The number of aliphatic hydroxyl groups is 1. The van der Waals surface area contributed by atoms with Crippen molar-refractivity contribution >= 4 is 9.84 Å². The van der Waals surface area contributed by atoms with E-state index in [2.05, 4.69) is 9.97 Å². The van der Waals surface area contributed by atoms with Crippen LogP contribution in [-0.4, -0.2) is 72.8 Å². The molecule has 1 aromatic rings. The van der Waals surface area contributed by atoms with Gasteiger partial charge in [-0.2, -0.15) is 4.98 Å². The van der Waals surface area contributed by atoms with E-state index < -0.39 is 22.0 Å². The van der Waals surface area contributed by atoms with Crippen LogP contribution in [-0.2, 0) is 16.4 Å². The number of sulfone groups is 1. The normalized spacial score (nSPS) is 23.7. The fourth-order valence-corrected chi connectivity index (χ4v) is 4.43. The summed E-state index contributed by atoms with van der Waals surface area (Å²) in [6.45, 7) is 2.89. The number of methoxy groups -OCH3 is 2. The van der Waals surface area contributed by atoms with Gasteiger partial charge in [-0.1, -0.05) is 6.92 Å². The van der Waals surface area contributed by atoms with Crippen LogP contribution in [0, 0.1) is 0 Å². The number of rotatable bonds is 6. The maximum absolute atomic E-state index is 11.7. The van der Waals surface area contributed by atoms with E-state index in [9.17, 15) is 13.5 Å². The third-order valence-electron chi connectivity index (χ3n) is 3.72. The SMILES string of the molecule is CCN(Cc1cnc(OC)nc1OC)[C@H]1CS(=O)(=O)C[C@@H]1O. The summed E-state index contributed by atoms with van der Waals surface area (Å²) in [7, 11) is -0.231. The van der Waals surface area contributed by atoms with Gasteiger partial charge in [0.05, 0.1) is 37.9 Å². The molecule has 1 fully saturated rings. The van der Waals surface area contributed by atoms with Crippen molar-refractivity contribution in [3.8, 4) is 11.9 Å². The van der Waals surface area contributed by atoms with Crippen molar-refractivity contribution in [2.75, 3.05) is 32.3 Å². The largest absolute Gasteiger partial charge is 0.481 e. The Kier molecular flexibility index (Phi) is 5.20. The Morgan fingerprint density at radius 1 is 1.36 bits per heavy atom. The third-order valence-corrected chi connectivity index (χ3v) is 5.42. The number of nitrogens with zero attached hydrogens (tertiary/aromatic N) is 3. The minimum Gasteiger partial charge on any atom is -0.481 e. The van der Waals surface area contributed by atoms with Crippen LogP contribution in [0.3, 0.4) is 0 Å². The van der Waals surface area contributed by atoms with Crippen LogP contribution in [0.5, 0.6) is 11.9 Å². The lowest BCUT2D eigenvalue weighted by molar-refractivity contribution is 0.0810. The molecule has 1 N–H and O–H groups in total. The fourth-order valence-electron chi connectivity index (χ4n) is 2.60. The summed E-state index contributed by atoms with van der Waals surface area (Å²) in [6, 6.07) is -0.228. The van der Waals surface area contributed by atoms with Crippen LogP contribution < -0.4 is 9.47 Å². The van der Waals surface area contributed by atoms with E-state index in [4.69, 9.17) is 9.47 Å². The summed E-state index contributed by atoms with van der Waals surface area (Å²) < 4.78 is 33.5. The fraction of sp³-hybridized carbons (Fsp3) is 0.692. The summed E-state index contributed by atoms with van der Waals surface area (Å²) in [6.07, 6.45) is 0.707. The van der Waals surface area contributed by atoms with Crippen molar-refractivity contribution in [1.82, 2.24) is 14.9 Å². The van der Waals surface area contributed by atoms with Gasteiger partial charge in [-0.05, 0) is 6.54 Å². The Balaban J connectivity index is 2.20. The Morgan fingerprint density at radius 2 is 2.09 bits per heavy atom. The zero-order valence-corrected chi connectivity index (χ0v) is 13.7. The van der Waals surface area contributed by atoms with Crippen molar-refractivity contribution < 1.29 is 23.0 Å². The molecule has 2 atom stereocenters. The molecule has 0 bridgehead atoms. The topological polar surface area (TPSA) is 102 Å². The van der Waals surface area contributed by atoms with E-state index >= 15 is 0 Å². The second-order valence-corrected chi connectivity index (χ2v) is 7.32. The molecule has 2 heterocycles. The van der Waals surface area contributed by atoms with Gasteiger partial charge in [-0.3, -0.25) is 4.90 Å². The number of aliphatic hydroxyl groups excluding tert-OH is 1. The second-order valence-electron chi connectivity index (χ2n) is 5.17. The van der Waals surface area contributed by atoms with Crippen molar-refractivity contribution in [3.63, 3.8) is 0 Å². The predicted octanol–water partition coefficient (Wildman–Crippen LogP) is -0.526. The van der Waals surface area contributed by atoms with E-state index in [0.29, 0.717) is 24.5 Å². The molecule has 1 saturated heterocycles. The van der Waals surface area contributed by atoms with E-state index in [-0.39, 0.29) is 17.5 Å². The minimum absolute atomic E-state index is 0.0403. The van der Waals surface area contributed by atoms with Crippen LogP contribution >= 0.6 is 0 Å². The van der Waals surface area contributed by atoms with Gasteiger partial charge >= 0.3 is 6.01 Å². The van der Waals surface area contributed by atoms with Crippen LogP contribution in [0.15, 0.2) is 6.20 Å². The molecule has 0 amide bonds. The van der Waals surface area contributed by atoms with Gasteiger partial charge in [-0.15, -0.1) is 0 Å². The monoisotopic (exact) mass is 331 g/mol. The smallest absolute Gasteiger partial charge is 0.319 e. The maximum atomic E-state index is 11.7. The highest BCUT2D eigenvalue weighted by molar-refractivity contribution is 7.91. The Bertz CT molecular complexity index is 622. The molecule has 0 saturated carbocycles. The van der Waals surface area contributed by atoms with E-state index in [1.807, 2.05) is 11.8 Å². The summed E-state index contributed by atoms with van der Waals surface area (Å²) in [4.78, 5) is 10.0. The van der Waals surface area contributed by atoms with Gasteiger partial charge < -0.3 is 14.6 Å². The van der Waals surface area contributed by atoms with Crippen LogP contribution in [0.2, 0.25) is 0 Å². The number of likely N-dealkylation sites (N-methyl/N-ethyl adjacent to an activating group) is 1. The Hall–Kier alpha value is -1.45. The number of hydrogen-bond acceptors (Lipinski definition) is 8. The number of hydrogen-bond donors (Lipinski definition) is 1. The number of aromatic nitrogens is 2. The molecule has 0 unspecified atom stereocenters. The molecule has 1 aliphatic heterocycles. The molecule has 0 spiro atoms. The zero-order valence-electron chi connectivity index (χ0n) is 12.9. The van der Waals surface area contributed by atoms with Crippen molar-refractivity contribution in [3.05, 3.63) is 11.8 Å². The summed E-state index contributed by atoms with van der Waals surface area (Å²) in [5, 5.41) is 10.0. The van der Waals surface area contributed by atoms with Gasteiger partial charge in [0.15, 0.2) is 9.84 Å². The molecule has 1 aromatic heterocycles. The Labute approximate surface area is 130 Å². The second kappa shape index (κ2) is 6.76. The first-order valence-electron chi connectivity index (χ1n) is 6.96.